The molecule has 0 radical (unpaired) electrons. The Morgan fingerprint density at radius 3 is 2.75 bits per heavy atom. The Kier molecular flexibility index (Phi) is 4.41. The topological polar surface area (TPSA) is 92.1 Å². The lowest BCUT2D eigenvalue weighted by atomic mass is 10.2. The summed E-state index contributed by atoms with van der Waals surface area (Å²) in [5.74, 6) is 0. The van der Waals surface area contributed by atoms with E-state index in [4.69, 9.17) is 5.73 Å². The zero-order valence-electron chi connectivity index (χ0n) is 11.3. The van der Waals surface area contributed by atoms with Crippen LogP contribution in [0.15, 0.2) is 41.6 Å². The number of nitrogens with two attached hydrogens (primary N) is 1. The first-order valence-corrected chi connectivity index (χ1v) is 7.78. The van der Waals surface area contributed by atoms with Crippen LogP contribution in [0.1, 0.15) is 12.0 Å². The Morgan fingerprint density at radius 2 is 2.15 bits per heavy atom. The Bertz CT molecular complexity index is 653. The average molecular weight is 294 g/mol. The van der Waals surface area contributed by atoms with Crippen LogP contribution in [0.3, 0.4) is 0 Å². The maximum atomic E-state index is 12.6. The van der Waals surface area contributed by atoms with Gasteiger partial charge in [-0.2, -0.15) is 13.5 Å². The number of H-pyrrole nitrogens is 1. The van der Waals surface area contributed by atoms with Gasteiger partial charge in [-0.05, 0) is 43.7 Å². The van der Waals surface area contributed by atoms with E-state index in [1.165, 1.54) is 16.6 Å². The maximum absolute atomic E-state index is 12.6. The molecule has 2 rings (SSSR count). The normalized spacial score (nSPS) is 11.5. The molecular formula is C13H18N4O2S. The summed E-state index contributed by atoms with van der Waals surface area (Å²) < 4.78 is 26.6. The number of nitrogens with zero attached hydrogens (tertiary/aromatic N) is 2. The molecule has 3 N–H and O–H groups in total. The first-order chi connectivity index (χ1) is 9.55. The van der Waals surface area contributed by atoms with Crippen molar-refractivity contribution in [2.75, 3.05) is 17.4 Å². The Hall–Kier alpha value is -1.86. The van der Waals surface area contributed by atoms with E-state index < -0.39 is 10.0 Å². The van der Waals surface area contributed by atoms with E-state index in [9.17, 15) is 8.42 Å². The molecule has 0 saturated heterocycles. The lowest BCUT2D eigenvalue weighted by Gasteiger charge is -2.23. The standard InChI is InChI=1S/C13H18N4O2S/c1-11-4-2-5-12(10-11)17(9-3-7-14)20(18,19)13-6-8-15-16-13/h2,4-6,8,10H,3,7,9,14H2,1H3,(H,15,16). The molecule has 0 bridgehead atoms. The summed E-state index contributed by atoms with van der Waals surface area (Å²) in [7, 11) is -3.64. The molecule has 0 spiro atoms. The minimum absolute atomic E-state index is 0.0797. The number of benzene rings is 1. The molecule has 0 aliphatic carbocycles. The predicted molar refractivity (Wildman–Crippen MR) is 78.0 cm³/mol. The van der Waals surface area contributed by atoms with Crippen LogP contribution < -0.4 is 10.0 Å². The number of aromatic nitrogens is 2. The van der Waals surface area contributed by atoms with Crippen molar-refractivity contribution in [3.05, 3.63) is 42.1 Å². The molecular weight excluding hydrogens is 276 g/mol. The Balaban J connectivity index is 2.43. The van der Waals surface area contributed by atoms with E-state index >= 15 is 0 Å². The van der Waals surface area contributed by atoms with Gasteiger partial charge in [0.25, 0.3) is 10.0 Å². The molecule has 0 saturated carbocycles. The van der Waals surface area contributed by atoms with E-state index in [-0.39, 0.29) is 5.03 Å². The third kappa shape index (κ3) is 3.00. The minimum Gasteiger partial charge on any atom is -0.330 e. The zero-order valence-corrected chi connectivity index (χ0v) is 12.1. The van der Waals surface area contributed by atoms with Gasteiger partial charge in [-0.15, -0.1) is 0 Å². The lowest BCUT2D eigenvalue weighted by molar-refractivity contribution is 0.585. The van der Waals surface area contributed by atoms with Crippen molar-refractivity contribution in [1.82, 2.24) is 10.2 Å². The van der Waals surface area contributed by atoms with Gasteiger partial charge in [0, 0.05) is 6.54 Å². The van der Waals surface area contributed by atoms with Crippen LogP contribution in [0.25, 0.3) is 0 Å². The fraction of sp³-hybridized carbons (Fsp3) is 0.308. The summed E-state index contributed by atoms with van der Waals surface area (Å²) in [6.45, 7) is 2.69. The molecule has 7 heteroatoms. The zero-order chi connectivity index (χ0) is 14.6. The van der Waals surface area contributed by atoms with Crippen molar-refractivity contribution in [2.45, 2.75) is 18.4 Å². The summed E-state index contributed by atoms with van der Waals surface area (Å²) in [5.41, 5.74) is 7.14. The highest BCUT2D eigenvalue weighted by molar-refractivity contribution is 7.92. The third-order valence-corrected chi connectivity index (χ3v) is 4.66. The highest BCUT2D eigenvalue weighted by Gasteiger charge is 2.25. The smallest absolute Gasteiger partial charge is 0.281 e. The van der Waals surface area contributed by atoms with Crippen molar-refractivity contribution in [1.29, 1.82) is 0 Å². The molecule has 0 aliphatic rings. The second-order valence-corrected chi connectivity index (χ2v) is 6.31. The van der Waals surface area contributed by atoms with Crippen molar-refractivity contribution < 1.29 is 8.42 Å². The first kappa shape index (κ1) is 14.5. The molecule has 0 amide bonds. The predicted octanol–water partition coefficient (Wildman–Crippen LogP) is 1.26. The van der Waals surface area contributed by atoms with Crippen molar-refractivity contribution in [3.63, 3.8) is 0 Å². The molecule has 1 aromatic heterocycles. The van der Waals surface area contributed by atoms with Gasteiger partial charge in [0.05, 0.1) is 11.9 Å². The second-order valence-electron chi connectivity index (χ2n) is 4.48. The number of hydrogen-bond acceptors (Lipinski definition) is 4. The number of sulfonamides is 1. The van der Waals surface area contributed by atoms with E-state index in [0.717, 1.165) is 5.56 Å². The van der Waals surface area contributed by atoms with E-state index in [2.05, 4.69) is 10.2 Å². The van der Waals surface area contributed by atoms with E-state index in [0.29, 0.717) is 25.2 Å². The van der Waals surface area contributed by atoms with Crippen LogP contribution in [0.4, 0.5) is 5.69 Å². The van der Waals surface area contributed by atoms with Crippen LogP contribution in [0.5, 0.6) is 0 Å². The van der Waals surface area contributed by atoms with Crippen LogP contribution in [-0.4, -0.2) is 31.7 Å². The SMILES string of the molecule is Cc1cccc(N(CCCN)S(=O)(=O)c2ccn[nH]2)c1. The van der Waals surface area contributed by atoms with Crippen LogP contribution in [0, 0.1) is 6.92 Å². The van der Waals surface area contributed by atoms with Gasteiger partial charge in [0.15, 0.2) is 5.03 Å². The number of hydrogen-bond donors (Lipinski definition) is 2. The summed E-state index contributed by atoms with van der Waals surface area (Å²) in [6.07, 6.45) is 2.01. The molecule has 108 valence electrons. The number of anilines is 1. The molecule has 0 unspecified atom stereocenters. The summed E-state index contributed by atoms with van der Waals surface area (Å²) >= 11 is 0. The molecule has 0 fully saturated rings. The van der Waals surface area contributed by atoms with Crippen molar-refractivity contribution in [2.24, 2.45) is 5.73 Å². The fourth-order valence-corrected chi connectivity index (χ4v) is 3.31. The Morgan fingerprint density at radius 1 is 1.35 bits per heavy atom. The lowest BCUT2D eigenvalue weighted by Crippen LogP contribution is -2.33. The molecule has 6 nitrogen and oxygen atoms in total. The van der Waals surface area contributed by atoms with Crippen molar-refractivity contribution in [3.8, 4) is 0 Å². The fourth-order valence-electron chi connectivity index (χ4n) is 1.91. The minimum atomic E-state index is -3.64. The number of nitrogens with one attached hydrogen (secondary N) is 1. The quantitative estimate of drug-likeness (QED) is 0.839. The van der Waals surface area contributed by atoms with Gasteiger partial charge in [-0.1, -0.05) is 12.1 Å². The van der Waals surface area contributed by atoms with Gasteiger partial charge in [0.2, 0.25) is 0 Å². The highest BCUT2D eigenvalue weighted by Crippen LogP contribution is 2.23. The summed E-state index contributed by atoms with van der Waals surface area (Å²) in [4.78, 5) is 0. The molecule has 20 heavy (non-hydrogen) atoms. The van der Waals surface area contributed by atoms with E-state index in [1.807, 2.05) is 25.1 Å². The summed E-state index contributed by atoms with van der Waals surface area (Å²) in [5, 5.41) is 6.29. The number of aryl methyl sites for hydroxylation is 1. The Labute approximate surface area is 118 Å². The molecule has 2 aromatic rings. The number of aromatic amines is 1. The van der Waals surface area contributed by atoms with Crippen molar-refractivity contribution >= 4 is 15.7 Å². The monoisotopic (exact) mass is 294 g/mol. The van der Waals surface area contributed by atoms with Gasteiger partial charge in [-0.25, -0.2) is 0 Å². The van der Waals surface area contributed by atoms with Gasteiger partial charge >= 0.3 is 0 Å². The molecule has 0 aliphatic heterocycles. The van der Waals surface area contributed by atoms with Crippen LogP contribution >= 0.6 is 0 Å². The second kappa shape index (κ2) is 6.06. The number of rotatable bonds is 6. The first-order valence-electron chi connectivity index (χ1n) is 6.34. The average Bonchev–Trinajstić information content (AvgIpc) is 2.93. The molecule has 1 aromatic carbocycles. The van der Waals surface area contributed by atoms with Gasteiger partial charge in [-0.3, -0.25) is 9.40 Å². The molecule has 1 heterocycles. The highest BCUT2D eigenvalue weighted by atomic mass is 32.2. The third-order valence-electron chi connectivity index (χ3n) is 2.90. The largest absolute Gasteiger partial charge is 0.330 e. The summed E-state index contributed by atoms with van der Waals surface area (Å²) in [6, 6.07) is 8.82. The maximum Gasteiger partial charge on any atom is 0.281 e. The van der Waals surface area contributed by atoms with Crippen LogP contribution in [-0.2, 0) is 10.0 Å². The van der Waals surface area contributed by atoms with Gasteiger partial charge in [0.1, 0.15) is 0 Å². The van der Waals surface area contributed by atoms with E-state index in [1.54, 1.807) is 6.07 Å². The molecule has 0 atom stereocenters. The van der Waals surface area contributed by atoms with Gasteiger partial charge < -0.3 is 5.73 Å². The van der Waals surface area contributed by atoms with Crippen LogP contribution in [0.2, 0.25) is 0 Å².